The van der Waals surface area contributed by atoms with Crippen LogP contribution in [-0.4, -0.2) is 43.0 Å². The molecule has 0 spiro atoms. The van der Waals surface area contributed by atoms with Crippen LogP contribution in [0.1, 0.15) is 10.4 Å². The lowest BCUT2D eigenvalue weighted by molar-refractivity contribution is -0.385. The van der Waals surface area contributed by atoms with Crippen molar-refractivity contribution in [1.29, 1.82) is 0 Å². The first-order valence-corrected chi connectivity index (χ1v) is 7.09. The summed E-state index contributed by atoms with van der Waals surface area (Å²) in [4.78, 5) is 20.7. The predicted octanol–water partition coefficient (Wildman–Crippen LogP) is 0.716. The molecule has 0 radical (unpaired) electrons. The third kappa shape index (κ3) is 4.54. The van der Waals surface area contributed by atoms with Crippen LogP contribution in [0.15, 0.2) is 18.2 Å². The third-order valence-electron chi connectivity index (χ3n) is 2.11. The summed E-state index contributed by atoms with van der Waals surface area (Å²) in [7, 11) is -3.24. The Hall–Kier alpha value is -2.16. The van der Waals surface area contributed by atoms with Gasteiger partial charge in [-0.1, -0.05) is 0 Å². The predicted molar refractivity (Wildman–Crippen MR) is 65.3 cm³/mol. The fraction of sp³-hybridized carbons (Fsp3) is 0.300. The Morgan fingerprint density at radius 2 is 2.11 bits per heavy atom. The summed E-state index contributed by atoms with van der Waals surface area (Å²) in [6.07, 6.45) is 1.01. The molecule has 19 heavy (non-hydrogen) atoms. The SMILES string of the molecule is CS(=O)(=O)CCOc1ccc(C(=O)O)cc1[N+](=O)[O-]. The Balaban J connectivity index is 2.94. The lowest BCUT2D eigenvalue weighted by Crippen LogP contribution is -2.12. The van der Waals surface area contributed by atoms with Crippen LogP contribution in [0.3, 0.4) is 0 Å². The van der Waals surface area contributed by atoms with Crippen molar-refractivity contribution in [3.05, 3.63) is 33.9 Å². The van der Waals surface area contributed by atoms with E-state index in [0.717, 1.165) is 24.5 Å². The standard InChI is InChI=1S/C10H11NO7S/c1-19(16,17)5-4-18-9-3-2-7(10(12)13)6-8(9)11(14)15/h2-3,6H,4-5H2,1H3,(H,12,13). The minimum Gasteiger partial charge on any atom is -0.486 e. The molecule has 0 unspecified atom stereocenters. The zero-order valence-corrected chi connectivity index (χ0v) is 10.7. The van der Waals surface area contributed by atoms with Gasteiger partial charge in [-0.05, 0) is 12.1 Å². The number of aromatic carboxylic acids is 1. The van der Waals surface area contributed by atoms with Crippen molar-refractivity contribution in [3.8, 4) is 5.75 Å². The molecule has 1 aromatic carbocycles. The molecule has 0 saturated carbocycles. The Morgan fingerprint density at radius 3 is 2.58 bits per heavy atom. The maximum absolute atomic E-state index is 10.9. The average molecular weight is 289 g/mol. The molecule has 0 heterocycles. The molecule has 0 atom stereocenters. The highest BCUT2D eigenvalue weighted by Crippen LogP contribution is 2.27. The van der Waals surface area contributed by atoms with E-state index in [0.29, 0.717) is 0 Å². The fourth-order valence-corrected chi connectivity index (χ4v) is 1.60. The van der Waals surface area contributed by atoms with Gasteiger partial charge in [0.15, 0.2) is 15.6 Å². The smallest absolute Gasteiger partial charge is 0.335 e. The quantitative estimate of drug-likeness (QED) is 0.604. The summed E-state index contributed by atoms with van der Waals surface area (Å²) >= 11 is 0. The highest BCUT2D eigenvalue weighted by atomic mass is 32.2. The van der Waals surface area contributed by atoms with Gasteiger partial charge in [0.05, 0.1) is 16.2 Å². The molecule has 0 bridgehead atoms. The molecular weight excluding hydrogens is 278 g/mol. The minimum atomic E-state index is -3.24. The number of carboxylic acid groups (broad SMARTS) is 1. The number of nitrogens with zero attached hydrogens (tertiary/aromatic N) is 1. The van der Waals surface area contributed by atoms with E-state index in [1.807, 2.05) is 0 Å². The van der Waals surface area contributed by atoms with E-state index < -0.39 is 26.4 Å². The van der Waals surface area contributed by atoms with E-state index in [1.54, 1.807) is 0 Å². The number of ether oxygens (including phenoxy) is 1. The zero-order valence-electron chi connectivity index (χ0n) is 9.90. The second kappa shape index (κ2) is 5.65. The van der Waals surface area contributed by atoms with Crippen LogP contribution < -0.4 is 4.74 Å². The molecule has 1 rings (SSSR count). The molecule has 0 aliphatic rings. The third-order valence-corrected chi connectivity index (χ3v) is 3.02. The molecule has 8 nitrogen and oxygen atoms in total. The van der Waals surface area contributed by atoms with Crippen LogP contribution in [0.2, 0.25) is 0 Å². The van der Waals surface area contributed by atoms with Gasteiger partial charge in [0, 0.05) is 12.3 Å². The molecule has 0 aliphatic carbocycles. The van der Waals surface area contributed by atoms with Gasteiger partial charge >= 0.3 is 11.7 Å². The number of carboxylic acids is 1. The molecule has 0 amide bonds. The maximum Gasteiger partial charge on any atom is 0.335 e. The van der Waals surface area contributed by atoms with Crippen LogP contribution in [0.4, 0.5) is 5.69 Å². The average Bonchev–Trinajstić information content (AvgIpc) is 2.27. The number of rotatable bonds is 6. The number of carbonyl (C=O) groups is 1. The molecule has 0 saturated heterocycles. The van der Waals surface area contributed by atoms with E-state index >= 15 is 0 Å². The van der Waals surface area contributed by atoms with Crippen molar-refractivity contribution in [3.63, 3.8) is 0 Å². The summed E-state index contributed by atoms with van der Waals surface area (Å²) in [5.41, 5.74) is -0.768. The summed E-state index contributed by atoms with van der Waals surface area (Å²) in [6, 6.07) is 3.13. The lowest BCUT2D eigenvalue weighted by Gasteiger charge is -2.06. The van der Waals surface area contributed by atoms with Crippen LogP contribution in [0.5, 0.6) is 5.75 Å². The zero-order chi connectivity index (χ0) is 14.6. The Morgan fingerprint density at radius 1 is 1.47 bits per heavy atom. The molecular formula is C10H11NO7S. The number of hydrogen-bond donors (Lipinski definition) is 1. The molecule has 9 heteroatoms. The van der Waals surface area contributed by atoms with Gasteiger partial charge in [0.25, 0.3) is 0 Å². The van der Waals surface area contributed by atoms with Crippen molar-refractivity contribution >= 4 is 21.5 Å². The van der Waals surface area contributed by atoms with E-state index in [9.17, 15) is 23.3 Å². The molecule has 0 fully saturated rings. The molecule has 1 N–H and O–H groups in total. The Labute approximate surface area is 108 Å². The highest BCUT2D eigenvalue weighted by Gasteiger charge is 2.18. The van der Waals surface area contributed by atoms with Crippen LogP contribution in [0, 0.1) is 10.1 Å². The van der Waals surface area contributed by atoms with E-state index in [1.165, 1.54) is 0 Å². The number of sulfone groups is 1. The monoisotopic (exact) mass is 289 g/mol. The van der Waals surface area contributed by atoms with Gasteiger partial charge in [0.1, 0.15) is 6.61 Å². The molecule has 0 aromatic heterocycles. The first-order valence-electron chi connectivity index (χ1n) is 5.03. The Kier molecular flexibility index (Phi) is 4.43. The van der Waals surface area contributed by atoms with Gasteiger partial charge in [-0.25, -0.2) is 13.2 Å². The van der Waals surface area contributed by atoms with Gasteiger partial charge in [-0.2, -0.15) is 0 Å². The number of nitro benzene ring substituents is 1. The Bertz CT molecular complexity index is 608. The molecule has 1 aromatic rings. The van der Waals surface area contributed by atoms with Gasteiger partial charge < -0.3 is 9.84 Å². The van der Waals surface area contributed by atoms with Crippen molar-refractivity contribution in [2.75, 3.05) is 18.6 Å². The summed E-state index contributed by atoms with van der Waals surface area (Å²) in [5, 5.41) is 19.5. The van der Waals surface area contributed by atoms with Crippen LogP contribution in [-0.2, 0) is 9.84 Å². The lowest BCUT2D eigenvalue weighted by atomic mass is 10.2. The van der Waals surface area contributed by atoms with Crippen LogP contribution >= 0.6 is 0 Å². The maximum atomic E-state index is 10.9. The minimum absolute atomic E-state index is 0.168. The molecule has 104 valence electrons. The van der Waals surface area contributed by atoms with Crippen LogP contribution in [0.25, 0.3) is 0 Å². The van der Waals surface area contributed by atoms with Crippen molar-refractivity contribution in [2.45, 2.75) is 0 Å². The summed E-state index contributed by atoms with van der Waals surface area (Å²) in [5.74, 6) is -1.75. The second-order valence-corrected chi connectivity index (χ2v) is 5.98. The first kappa shape index (κ1) is 14.9. The molecule has 0 aliphatic heterocycles. The van der Waals surface area contributed by atoms with Gasteiger partial charge in [-0.3, -0.25) is 10.1 Å². The van der Waals surface area contributed by atoms with Gasteiger partial charge in [-0.15, -0.1) is 0 Å². The van der Waals surface area contributed by atoms with E-state index in [2.05, 4.69) is 0 Å². The van der Waals surface area contributed by atoms with E-state index in [-0.39, 0.29) is 23.7 Å². The fourth-order valence-electron chi connectivity index (χ4n) is 1.22. The number of benzene rings is 1. The largest absolute Gasteiger partial charge is 0.486 e. The number of nitro groups is 1. The van der Waals surface area contributed by atoms with Crippen molar-refractivity contribution in [1.82, 2.24) is 0 Å². The highest BCUT2D eigenvalue weighted by molar-refractivity contribution is 7.90. The van der Waals surface area contributed by atoms with Crippen molar-refractivity contribution in [2.24, 2.45) is 0 Å². The number of hydrogen-bond acceptors (Lipinski definition) is 6. The summed E-state index contributed by atoms with van der Waals surface area (Å²) < 4.78 is 26.8. The first-order chi connectivity index (χ1) is 8.70. The normalized spacial score (nSPS) is 11.0. The summed E-state index contributed by atoms with van der Waals surface area (Å²) in [6.45, 7) is -0.244. The van der Waals surface area contributed by atoms with Crippen molar-refractivity contribution < 1.29 is 28.0 Å². The van der Waals surface area contributed by atoms with Gasteiger partial charge in [0.2, 0.25) is 0 Å². The second-order valence-electron chi connectivity index (χ2n) is 3.72. The topological polar surface area (TPSA) is 124 Å². The van der Waals surface area contributed by atoms with E-state index in [4.69, 9.17) is 9.84 Å².